The van der Waals surface area contributed by atoms with Crippen LogP contribution < -0.4 is 0 Å². The van der Waals surface area contributed by atoms with Crippen molar-refractivity contribution >= 4 is 12.6 Å². The van der Waals surface area contributed by atoms with Gasteiger partial charge in [-0.15, -0.1) is 0 Å². The van der Waals surface area contributed by atoms with Gasteiger partial charge in [-0.2, -0.15) is 12.6 Å². The molecule has 0 spiro atoms. The van der Waals surface area contributed by atoms with Gasteiger partial charge in [-0.1, -0.05) is 32.6 Å². The zero-order chi connectivity index (χ0) is 12.3. The molecule has 100 valence electrons. The second kappa shape index (κ2) is 5.97. The smallest absolute Gasteiger partial charge is 0.00429 e. The Morgan fingerprint density at radius 2 is 1.76 bits per heavy atom. The molecule has 1 nitrogen and oxygen atoms in total. The van der Waals surface area contributed by atoms with Gasteiger partial charge in [0.15, 0.2) is 0 Å². The maximum atomic E-state index is 4.67. The molecule has 0 bridgehead atoms. The van der Waals surface area contributed by atoms with Gasteiger partial charge >= 0.3 is 0 Å². The Bertz CT molecular complexity index is 233. The molecule has 0 aromatic rings. The van der Waals surface area contributed by atoms with Crippen LogP contribution in [0.2, 0.25) is 0 Å². The van der Waals surface area contributed by atoms with E-state index in [0.29, 0.717) is 5.41 Å². The lowest BCUT2D eigenvalue weighted by Crippen LogP contribution is -2.38. The van der Waals surface area contributed by atoms with Crippen LogP contribution in [-0.2, 0) is 0 Å². The molecule has 0 saturated heterocycles. The van der Waals surface area contributed by atoms with Crippen molar-refractivity contribution in [2.75, 3.05) is 25.9 Å². The molecule has 0 N–H and O–H groups in total. The van der Waals surface area contributed by atoms with E-state index in [9.17, 15) is 0 Å². The topological polar surface area (TPSA) is 3.24 Å². The van der Waals surface area contributed by atoms with E-state index >= 15 is 0 Å². The van der Waals surface area contributed by atoms with Gasteiger partial charge in [0.25, 0.3) is 0 Å². The first-order valence-electron chi connectivity index (χ1n) is 7.45. The summed E-state index contributed by atoms with van der Waals surface area (Å²) in [6.07, 6.45) is 10.0. The molecule has 2 aliphatic carbocycles. The highest BCUT2D eigenvalue weighted by Crippen LogP contribution is 2.40. The summed E-state index contributed by atoms with van der Waals surface area (Å²) in [5, 5.41) is 0. The van der Waals surface area contributed by atoms with Gasteiger partial charge in [0, 0.05) is 13.1 Å². The highest BCUT2D eigenvalue weighted by molar-refractivity contribution is 7.80. The summed E-state index contributed by atoms with van der Waals surface area (Å²) in [5.41, 5.74) is 0.520. The third-order valence-electron chi connectivity index (χ3n) is 4.93. The zero-order valence-corrected chi connectivity index (χ0v) is 12.5. The molecular formula is C15H29NS. The monoisotopic (exact) mass is 255 g/mol. The van der Waals surface area contributed by atoms with E-state index in [-0.39, 0.29) is 0 Å². The SMILES string of the molecule is CC1CC1CN(C)CC1(CS)CCCCCC1. The maximum absolute atomic E-state index is 4.67. The highest BCUT2D eigenvalue weighted by Gasteiger charge is 2.36. The molecule has 0 aromatic carbocycles. The van der Waals surface area contributed by atoms with Crippen molar-refractivity contribution in [1.29, 1.82) is 0 Å². The standard InChI is InChI=1S/C15H29NS/c1-13-9-14(13)10-16(2)11-15(12-17)7-5-3-4-6-8-15/h13-14,17H,3-12H2,1-2H3. The molecule has 0 amide bonds. The summed E-state index contributed by atoms with van der Waals surface area (Å²) in [5.74, 6) is 3.05. The second-order valence-electron chi connectivity index (χ2n) is 6.74. The van der Waals surface area contributed by atoms with E-state index in [1.165, 1.54) is 58.0 Å². The van der Waals surface area contributed by atoms with Crippen LogP contribution in [0.25, 0.3) is 0 Å². The van der Waals surface area contributed by atoms with Gasteiger partial charge in [0.05, 0.1) is 0 Å². The van der Waals surface area contributed by atoms with Gasteiger partial charge in [-0.3, -0.25) is 0 Å². The molecule has 17 heavy (non-hydrogen) atoms. The Morgan fingerprint density at radius 3 is 2.24 bits per heavy atom. The summed E-state index contributed by atoms with van der Waals surface area (Å²) in [4.78, 5) is 2.59. The van der Waals surface area contributed by atoms with Crippen molar-refractivity contribution in [2.24, 2.45) is 17.3 Å². The number of nitrogens with zero attached hydrogens (tertiary/aromatic N) is 1. The average Bonchev–Trinajstić information content (AvgIpc) is 3.02. The molecule has 2 heteroatoms. The summed E-state index contributed by atoms with van der Waals surface area (Å²) in [6.45, 7) is 4.98. The Hall–Kier alpha value is 0.310. The second-order valence-corrected chi connectivity index (χ2v) is 7.06. The number of rotatable bonds is 5. The summed E-state index contributed by atoms with van der Waals surface area (Å²) < 4.78 is 0. The van der Waals surface area contributed by atoms with Crippen LogP contribution in [0.5, 0.6) is 0 Å². The van der Waals surface area contributed by atoms with Crippen molar-refractivity contribution in [2.45, 2.75) is 51.9 Å². The van der Waals surface area contributed by atoms with Crippen molar-refractivity contribution in [3.8, 4) is 0 Å². The first kappa shape index (κ1) is 13.7. The van der Waals surface area contributed by atoms with Crippen molar-refractivity contribution in [3.63, 3.8) is 0 Å². The van der Waals surface area contributed by atoms with E-state index in [2.05, 4.69) is 31.5 Å². The van der Waals surface area contributed by atoms with Gasteiger partial charge in [-0.25, -0.2) is 0 Å². The molecule has 2 aliphatic rings. The van der Waals surface area contributed by atoms with E-state index in [1.807, 2.05) is 0 Å². The first-order chi connectivity index (χ1) is 8.15. The summed E-state index contributed by atoms with van der Waals surface area (Å²) >= 11 is 4.67. The van der Waals surface area contributed by atoms with Gasteiger partial charge in [0.2, 0.25) is 0 Å². The van der Waals surface area contributed by atoms with E-state index in [4.69, 9.17) is 0 Å². The predicted molar refractivity (Wildman–Crippen MR) is 78.8 cm³/mol. The molecule has 2 unspecified atom stereocenters. The van der Waals surface area contributed by atoms with Crippen LogP contribution in [-0.4, -0.2) is 30.8 Å². The lowest BCUT2D eigenvalue weighted by atomic mass is 9.81. The fourth-order valence-electron chi connectivity index (χ4n) is 3.54. The van der Waals surface area contributed by atoms with Gasteiger partial charge in [0.1, 0.15) is 0 Å². The molecule has 0 aliphatic heterocycles. The van der Waals surface area contributed by atoms with E-state index in [1.54, 1.807) is 0 Å². The van der Waals surface area contributed by atoms with Crippen molar-refractivity contribution in [1.82, 2.24) is 4.90 Å². The third-order valence-corrected chi connectivity index (χ3v) is 5.60. The molecule has 0 heterocycles. The molecule has 0 aromatic heterocycles. The first-order valence-corrected chi connectivity index (χ1v) is 8.08. The number of thiol groups is 1. The fourth-order valence-corrected chi connectivity index (χ4v) is 3.95. The lowest BCUT2D eigenvalue weighted by molar-refractivity contribution is 0.169. The Morgan fingerprint density at radius 1 is 1.18 bits per heavy atom. The molecule has 2 fully saturated rings. The molecule has 2 saturated carbocycles. The van der Waals surface area contributed by atoms with Gasteiger partial charge < -0.3 is 4.90 Å². The van der Waals surface area contributed by atoms with Crippen molar-refractivity contribution < 1.29 is 0 Å². The molecular weight excluding hydrogens is 226 g/mol. The van der Waals surface area contributed by atoms with Crippen LogP contribution in [0.3, 0.4) is 0 Å². The van der Waals surface area contributed by atoms with Crippen LogP contribution in [0.15, 0.2) is 0 Å². The lowest BCUT2D eigenvalue weighted by Gasteiger charge is -2.35. The summed E-state index contributed by atoms with van der Waals surface area (Å²) in [7, 11) is 2.32. The van der Waals surface area contributed by atoms with Crippen LogP contribution in [0, 0.1) is 17.3 Å². The summed E-state index contributed by atoms with van der Waals surface area (Å²) in [6, 6.07) is 0. The Kier molecular flexibility index (Phi) is 4.82. The highest BCUT2D eigenvalue weighted by atomic mass is 32.1. The fraction of sp³-hybridized carbons (Fsp3) is 1.00. The van der Waals surface area contributed by atoms with Gasteiger partial charge in [-0.05, 0) is 49.3 Å². The van der Waals surface area contributed by atoms with Crippen LogP contribution in [0.4, 0.5) is 0 Å². The number of hydrogen-bond donors (Lipinski definition) is 1. The number of hydrogen-bond acceptors (Lipinski definition) is 2. The quantitative estimate of drug-likeness (QED) is 0.577. The minimum absolute atomic E-state index is 0.520. The molecule has 2 atom stereocenters. The molecule has 2 rings (SSSR count). The zero-order valence-electron chi connectivity index (χ0n) is 11.6. The van der Waals surface area contributed by atoms with Crippen LogP contribution >= 0.6 is 12.6 Å². The third kappa shape index (κ3) is 3.89. The van der Waals surface area contributed by atoms with Crippen LogP contribution in [0.1, 0.15) is 51.9 Å². The Labute approximate surface area is 113 Å². The minimum Gasteiger partial charge on any atom is -0.306 e. The van der Waals surface area contributed by atoms with Crippen molar-refractivity contribution in [3.05, 3.63) is 0 Å². The maximum Gasteiger partial charge on any atom is 0.00429 e. The van der Waals surface area contributed by atoms with E-state index < -0.39 is 0 Å². The molecule has 0 radical (unpaired) electrons. The minimum atomic E-state index is 0.520. The largest absolute Gasteiger partial charge is 0.306 e. The average molecular weight is 255 g/mol. The normalized spacial score (nSPS) is 32.5. The van der Waals surface area contributed by atoms with E-state index in [0.717, 1.165) is 17.6 Å². The Balaban J connectivity index is 1.83. The predicted octanol–water partition coefficient (Wildman–Crippen LogP) is 3.84.